The zero-order valence-corrected chi connectivity index (χ0v) is 10.3. The van der Waals surface area contributed by atoms with Crippen LogP contribution in [0.1, 0.15) is 0 Å². The van der Waals surface area contributed by atoms with E-state index in [1.54, 1.807) is 0 Å². The summed E-state index contributed by atoms with van der Waals surface area (Å²) in [5.74, 6) is -2.45. The highest BCUT2D eigenvalue weighted by atomic mass is 35.5. The molecule has 0 saturated heterocycles. The molecule has 0 spiro atoms. The molecule has 0 rings (SSSR count). The average Bonchev–Trinajstić information content (AvgIpc) is 1.96. The van der Waals surface area contributed by atoms with Crippen molar-refractivity contribution in [1.82, 2.24) is 0 Å². The first-order valence-corrected chi connectivity index (χ1v) is 5.80. The van der Waals surface area contributed by atoms with Gasteiger partial charge in [0.25, 0.3) is 5.24 Å². The highest BCUT2D eigenvalue weighted by molar-refractivity contribution is 7.51. The van der Waals surface area contributed by atoms with Crippen molar-refractivity contribution < 1.29 is 54.4 Å². The first-order valence-electron chi connectivity index (χ1n) is 3.62. The van der Waals surface area contributed by atoms with Gasteiger partial charge in [-0.3, -0.25) is 9.36 Å². The number of rotatable bonds is 4. The van der Waals surface area contributed by atoms with Gasteiger partial charge in [0, 0.05) is 0 Å². The van der Waals surface area contributed by atoms with Gasteiger partial charge >= 0.3 is 19.7 Å². The fraction of sp³-hybridized carbons (Fsp3) is 0.600. The van der Waals surface area contributed by atoms with Gasteiger partial charge < -0.3 is 22.2 Å². The van der Waals surface area contributed by atoms with E-state index in [0.29, 0.717) is 0 Å². The minimum atomic E-state index is -5.29. The molecule has 0 heterocycles. The SMILES string of the molecule is O=C(Cl)C[NH+](CP(=O)(O)O)C(=O)C(F)(F)F.[Cl-]. The van der Waals surface area contributed by atoms with Crippen LogP contribution in [0.25, 0.3) is 0 Å². The summed E-state index contributed by atoms with van der Waals surface area (Å²) in [6.45, 7) is -1.15. The highest BCUT2D eigenvalue weighted by Gasteiger charge is 2.49. The first-order chi connectivity index (χ1) is 6.93. The molecule has 0 bridgehead atoms. The molecule has 0 aliphatic heterocycles. The van der Waals surface area contributed by atoms with Gasteiger partial charge in [-0.15, -0.1) is 0 Å². The lowest BCUT2D eigenvalue weighted by Gasteiger charge is -2.16. The van der Waals surface area contributed by atoms with Gasteiger partial charge in [-0.05, 0) is 11.6 Å². The molecule has 12 heteroatoms. The van der Waals surface area contributed by atoms with Gasteiger partial charge in [0.1, 0.15) is 0 Å². The number of nitrogens with one attached hydrogen (secondary N) is 1. The summed E-state index contributed by atoms with van der Waals surface area (Å²) >= 11 is 4.76. The second-order valence-corrected chi connectivity index (χ2v) is 4.85. The maximum atomic E-state index is 11.9. The molecule has 0 aromatic rings. The molecule has 17 heavy (non-hydrogen) atoms. The van der Waals surface area contributed by atoms with Crippen LogP contribution in [0.15, 0.2) is 0 Å². The summed E-state index contributed by atoms with van der Waals surface area (Å²) in [6.07, 6.45) is -6.74. The van der Waals surface area contributed by atoms with Crippen LogP contribution in [-0.2, 0) is 14.2 Å². The number of hydrogen-bond acceptors (Lipinski definition) is 3. The second kappa shape index (κ2) is 6.67. The summed E-state index contributed by atoms with van der Waals surface area (Å²) in [7, 11) is -4.87. The maximum absolute atomic E-state index is 11.9. The third-order valence-electron chi connectivity index (χ3n) is 1.33. The van der Waals surface area contributed by atoms with Gasteiger partial charge in [0.15, 0.2) is 12.8 Å². The Morgan fingerprint density at radius 2 is 1.71 bits per heavy atom. The Balaban J connectivity index is 0. The van der Waals surface area contributed by atoms with E-state index in [0.717, 1.165) is 0 Å². The number of carbonyl (C=O) groups is 2. The van der Waals surface area contributed by atoms with E-state index in [1.165, 1.54) is 0 Å². The fourth-order valence-electron chi connectivity index (χ4n) is 0.825. The van der Waals surface area contributed by atoms with E-state index in [-0.39, 0.29) is 12.4 Å². The fourth-order valence-corrected chi connectivity index (χ4v) is 1.74. The molecule has 6 nitrogen and oxygen atoms in total. The number of alkyl halides is 3. The molecule has 1 amide bonds. The normalized spacial score (nSPS) is 13.8. The van der Waals surface area contributed by atoms with Crippen molar-refractivity contribution >= 4 is 30.3 Å². The quantitative estimate of drug-likeness (QED) is 0.361. The maximum Gasteiger partial charge on any atom is 0.509 e. The Hall–Kier alpha value is -0.180. The monoisotopic (exact) mass is 319 g/mol. The largest absolute Gasteiger partial charge is 1.00 e. The summed E-state index contributed by atoms with van der Waals surface area (Å²) in [5.41, 5.74) is 0. The molecule has 0 fully saturated rings. The summed E-state index contributed by atoms with van der Waals surface area (Å²) in [4.78, 5) is 36.6. The molecule has 0 aromatic heterocycles. The number of carbonyl (C=O) groups excluding carboxylic acids is 2. The van der Waals surface area contributed by atoms with Crippen molar-refractivity contribution in [1.29, 1.82) is 0 Å². The van der Waals surface area contributed by atoms with Crippen molar-refractivity contribution in [3.8, 4) is 0 Å². The number of quaternary nitrogens is 1. The van der Waals surface area contributed by atoms with Crippen LogP contribution in [0, 0.1) is 0 Å². The number of amides is 1. The lowest BCUT2D eigenvalue weighted by atomic mass is 10.5. The molecule has 0 aliphatic rings. The van der Waals surface area contributed by atoms with Crippen molar-refractivity contribution in [2.45, 2.75) is 6.18 Å². The minimum Gasteiger partial charge on any atom is -1.00 e. The third-order valence-corrected chi connectivity index (χ3v) is 2.26. The minimum absolute atomic E-state index is 0. The van der Waals surface area contributed by atoms with Crippen molar-refractivity contribution in [3.63, 3.8) is 0 Å². The predicted octanol–water partition coefficient (Wildman–Crippen LogP) is -4.14. The molecule has 0 radical (unpaired) electrons. The zero-order valence-electron chi connectivity index (χ0n) is 7.87. The van der Waals surface area contributed by atoms with Crippen LogP contribution >= 0.6 is 19.2 Å². The van der Waals surface area contributed by atoms with Crippen molar-refractivity contribution in [2.24, 2.45) is 0 Å². The summed E-state index contributed by atoms with van der Waals surface area (Å²) in [5, 5.41) is -1.30. The number of hydrogen-bond donors (Lipinski definition) is 3. The second-order valence-electron chi connectivity index (χ2n) is 2.79. The van der Waals surface area contributed by atoms with E-state index < -0.39 is 42.7 Å². The van der Waals surface area contributed by atoms with E-state index in [1.807, 2.05) is 0 Å². The Bertz CT molecular complexity index is 343. The van der Waals surface area contributed by atoms with Crippen LogP contribution < -0.4 is 17.3 Å². The van der Waals surface area contributed by atoms with E-state index in [2.05, 4.69) is 0 Å². The molecule has 0 saturated carbocycles. The first kappa shape index (κ1) is 19.2. The molecule has 1 atom stereocenters. The number of halogens is 5. The predicted molar refractivity (Wildman–Crippen MR) is 44.7 cm³/mol. The van der Waals surface area contributed by atoms with Gasteiger partial charge in [0.05, 0.1) is 0 Å². The van der Waals surface area contributed by atoms with Crippen LogP contribution in [0.5, 0.6) is 0 Å². The zero-order chi connectivity index (χ0) is 13.1. The molecular formula is C5H7Cl2F3NO5P. The van der Waals surface area contributed by atoms with E-state index in [9.17, 15) is 27.3 Å². The molecule has 0 aliphatic carbocycles. The smallest absolute Gasteiger partial charge is 0.509 e. The van der Waals surface area contributed by atoms with E-state index in [4.69, 9.17) is 21.4 Å². The molecule has 102 valence electrons. The molecule has 0 aromatic carbocycles. The Morgan fingerprint density at radius 3 is 1.94 bits per heavy atom. The third kappa shape index (κ3) is 8.53. The van der Waals surface area contributed by atoms with Crippen LogP contribution in [0.2, 0.25) is 0 Å². The molecule has 3 N–H and O–H groups in total. The standard InChI is InChI=1S/C5H6ClF3NO5P.ClH/c6-3(11)1-10(2-16(13,14)15)4(12)5(7,8)9;/h1-2H2,(H2,13,14,15);1H. The Morgan fingerprint density at radius 1 is 1.29 bits per heavy atom. The van der Waals surface area contributed by atoms with Crippen molar-refractivity contribution in [3.05, 3.63) is 0 Å². The Kier molecular flexibility index (Phi) is 7.52. The highest BCUT2D eigenvalue weighted by Crippen LogP contribution is 2.31. The van der Waals surface area contributed by atoms with Gasteiger partial charge in [0.2, 0.25) is 0 Å². The lowest BCUT2D eigenvalue weighted by Crippen LogP contribution is -3.16. The lowest BCUT2D eigenvalue weighted by molar-refractivity contribution is -0.805. The van der Waals surface area contributed by atoms with Crippen molar-refractivity contribution in [2.75, 3.05) is 12.8 Å². The van der Waals surface area contributed by atoms with Crippen LogP contribution in [0.4, 0.5) is 13.2 Å². The summed E-state index contributed by atoms with van der Waals surface area (Å²) < 4.78 is 46.3. The van der Waals surface area contributed by atoms with Gasteiger partial charge in [-0.2, -0.15) is 13.2 Å². The molecular weight excluding hydrogens is 313 g/mol. The van der Waals surface area contributed by atoms with Crippen LogP contribution in [0.3, 0.4) is 0 Å². The summed E-state index contributed by atoms with van der Waals surface area (Å²) in [6, 6.07) is 0. The molecule has 1 unspecified atom stereocenters. The van der Waals surface area contributed by atoms with Gasteiger partial charge in [-0.1, -0.05) is 0 Å². The van der Waals surface area contributed by atoms with Gasteiger partial charge in [-0.25, -0.2) is 9.69 Å². The average molecular weight is 320 g/mol. The Labute approximate surface area is 104 Å². The van der Waals surface area contributed by atoms with Crippen LogP contribution in [-0.4, -0.2) is 39.9 Å². The van der Waals surface area contributed by atoms with E-state index >= 15 is 0 Å². The topological polar surface area (TPSA) is 96.1 Å².